The molecule has 3 rings (SSSR count). The van der Waals surface area contributed by atoms with Crippen molar-refractivity contribution in [3.05, 3.63) is 34.9 Å². The van der Waals surface area contributed by atoms with Crippen molar-refractivity contribution in [1.82, 2.24) is 10.6 Å². The standard InChI is InChI=1S/C20H30ClN3O2.HI/c1-2-22-20(23-9-5-10-25-14-17-8-4-11-26-17)24-19-13-18(19)15-6-3-7-16(21)12-15;/h3,6-7,12,17-19H,2,4-5,8-11,13-14H2,1H3,(H2,22,23,24);1H. The van der Waals surface area contributed by atoms with Crippen molar-refractivity contribution in [1.29, 1.82) is 0 Å². The molecule has 1 saturated heterocycles. The summed E-state index contributed by atoms with van der Waals surface area (Å²) in [6.45, 7) is 6.03. The van der Waals surface area contributed by atoms with Crippen molar-refractivity contribution in [2.24, 2.45) is 4.99 Å². The number of halogens is 2. The minimum absolute atomic E-state index is 0. The van der Waals surface area contributed by atoms with Crippen LogP contribution in [0.2, 0.25) is 5.02 Å². The van der Waals surface area contributed by atoms with Crippen molar-refractivity contribution < 1.29 is 9.47 Å². The van der Waals surface area contributed by atoms with Crippen molar-refractivity contribution in [2.45, 2.75) is 50.7 Å². The maximum Gasteiger partial charge on any atom is 0.191 e. The van der Waals surface area contributed by atoms with Gasteiger partial charge in [-0.15, -0.1) is 24.0 Å². The molecule has 0 radical (unpaired) electrons. The molecule has 1 aromatic rings. The van der Waals surface area contributed by atoms with Gasteiger partial charge < -0.3 is 20.1 Å². The lowest BCUT2D eigenvalue weighted by molar-refractivity contribution is 0.0171. The van der Waals surface area contributed by atoms with Crippen LogP contribution in [0.4, 0.5) is 0 Å². The second-order valence-corrected chi connectivity index (χ2v) is 7.41. The van der Waals surface area contributed by atoms with E-state index in [1.165, 1.54) is 5.56 Å². The highest BCUT2D eigenvalue weighted by atomic mass is 127. The van der Waals surface area contributed by atoms with E-state index in [0.29, 0.717) is 24.7 Å². The van der Waals surface area contributed by atoms with E-state index in [1.807, 2.05) is 12.1 Å². The summed E-state index contributed by atoms with van der Waals surface area (Å²) in [5, 5.41) is 7.66. The molecule has 5 nitrogen and oxygen atoms in total. The lowest BCUT2D eigenvalue weighted by atomic mass is 10.1. The number of hydrogen-bond donors (Lipinski definition) is 2. The zero-order chi connectivity index (χ0) is 18.2. The van der Waals surface area contributed by atoms with E-state index >= 15 is 0 Å². The summed E-state index contributed by atoms with van der Waals surface area (Å²) in [6, 6.07) is 8.57. The minimum Gasteiger partial charge on any atom is -0.379 e. The second-order valence-electron chi connectivity index (χ2n) is 6.97. The molecule has 2 fully saturated rings. The van der Waals surface area contributed by atoms with Gasteiger partial charge in [0.1, 0.15) is 0 Å². The molecule has 3 atom stereocenters. The van der Waals surface area contributed by atoms with Crippen molar-refractivity contribution in [3.63, 3.8) is 0 Å². The van der Waals surface area contributed by atoms with E-state index in [4.69, 9.17) is 21.1 Å². The van der Waals surface area contributed by atoms with Gasteiger partial charge in [0.15, 0.2) is 5.96 Å². The van der Waals surface area contributed by atoms with Gasteiger partial charge in [0.05, 0.1) is 12.7 Å². The molecule has 1 saturated carbocycles. The number of guanidine groups is 1. The van der Waals surface area contributed by atoms with Gasteiger partial charge in [-0.2, -0.15) is 0 Å². The van der Waals surface area contributed by atoms with Crippen LogP contribution in [-0.4, -0.2) is 51.0 Å². The molecule has 3 unspecified atom stereocenters. The quantitative estimate of drug-likeness (QED) is 0.230. The lowest BCUT2D eigenvalue weighted by Gasteiger charge is -2.12. The first-order valence-electron chi connectivity index (χ1n) is 9.76. The van der Waals surface area contributed by atoms with Crippen LogP contribution in [0, 0.1) is 0 Å². The van der Waals surface area contributed by atoms with Gasteiger partial charge in [-0.05, 0) is 50.3 Å². The third-order valence-electron chi connectivity index (χ3n) is 4.78. The largest absolute Gasteiger partial charge is 0.379 e. The summed E-state index contributed by atoms with van der Waals surface area (Å²) in [5.41, 5.74) is 1.30. The Morgan fingerprint density at radius 3 is 3.04 bits per heavy atom. The molecule has 7 heteroatoms. The van der Waals surface area contributed by atoms with Gasteiger partial charge in [0.25, 0.3) is 0 Å². The number of aliphatic imine (C=N–C) groups is 1. The van der Waals surface area contributed by atoms with E-state index < -0.39 is 0 Å². The molecule has 1 aliphatic carbocycles. The lowest BCUT2D eigenvalue weighted by Crippen LogP contribution is -2.39. The number of hydrogen-bond acceptors (Lipinski definition) is 3. The van der Waals surface area contributed by atoms with Crippen molar-refractivity contribution in [3.8, 4) is 0 Å². The van der Waals surface area contributed by atoms with Crippen LogP contribution in [0.1, 0.15) is 44.1 Å². The summed E-state index contributed by atoms with van der Waals surface area (Å²) in [6.07, 6.45) is 4.63. The maximum absolute atomic E-state index is 6.10. The van der Waals surface area contributed by atoms with E-state index in [2.05, 4.69) is 34.7 Å². The van der Waals surface area contributed by atoms with E-state index in [1.54, 1.807) is 0 Å². The van der Waals surface area contributed by atoms with Crippen LogP contribution < -0.4 is 10.6 Å². The Morgan fingerprint density at radius 1 is 1.41 bits per heavy atom. The molecule has 0 bridgehead atoms. The molecule has 0 spiro atoms. The third-order valence-corrected chi connectivity index (χ3v) is 5.01. The van der Waals surface area contributed by atoms with Gasteiger partial charge in [0.2, 0.25) is 0 Å². The highest BCUT2D eigenvalue weighted by molar-refractivity contribution is 14.0. The molecule has 0 amide bonds. The SMILES string of the molecule is CCNC(=NCCCOCC1CCCO1)NC1CC1c1cccc(Cl)c1.I. The highest BCUT2D eigenvalue weighted by Gasteiger charge is 2.39. The Bertz CT molecular complexity index is 596. The zero-order valence-electron chi connectivity index (χ0n) is 16.0. The van der Waals surface area contributed by atoms with E-state index in [9.17, 15) is 0 Å². The van der Waals surface area contributed by atoms with Gasteiger partial charge in [-0.3, -0.25) is 4.99 Å². The number of ether oxygens (including phenoxy) is 2. The van der Waals surface area contributed by atoms with E-state index in [0.717, 1.165) is 63.0 Å². The molecular formula is C20H31ClIN3O2. The fraction of sp³-hybridized carbons (Fsp3) is 0.650. The number of benzene rings is 1. The third kappa shape index (κ3) is 7.75. The first-order valence-corrected chi connectivity index (χ1v) is 10.1. The Morgan fingerprint density at radius 2 is 2.30 bits per heavy atom. The number of nitrogens with zero attached hydrogens (tertiary/aromatic N) is 1. The van der Waals surface area contributed by atoms with E-state index in [-0.39, 0.29) is 24.0 Å². The topological polar surface area (TPSA) is 54.9 Å². The minimum atomic E-state index is 0. The van der Waals surface area contributed by atoms with Crippen LogP contribution in [0.15, 0.2) is 29.3 Å². The fourth-order valence-corrected chi connectivity index (χ4v) is 3.50. The molecule has 1 heterocycles. The molecule has 1 aliphatic heterocycles. The molecule has 27 heavy (non-hydrogen) atoms. The first-order chi connectivity index (χ1) is 12.8. The van der Waals surface area contributed by atoms with Gasteiger partial charge >= 0.3 is 0 Å². The van der Waals surface area contributed by atoms with Crippen molar-refractivity contribution in [2.75, 3.05) is 32.9 Å². The fourth-order valence-electron chi connectivity index (χ4n) is 3.30. The normalized spacial score (nSPS) is 24.4. The Labute approximate surface area is 184 Å². The van der Waals surface area contributed by atoms with Crippen LogP contribution in [-0.2, 0) is 9.47 Å². The first kappa shape index (κ1) is 22.7. The molecule has 2 N–H and O–H groups in total. The molecule has 2 aliphatic rings. The monoisotopic (exact) mass is 507 g/mol. The molecule has 1 aromatic carbocycles. The Hall–Kier alpha value is -0.570. The highest BCUT2D eigenvalue weighted by Crippen LogP contribution is 2.41. The predicted molar refractivity (Wildman–Crippen MR) is 122 cm³/mol. The smallest absolute Gasteiger partial charge is 0.191 e. The van der Waals surface area contributed by atoms with Gasteiger partial charge in [-0.1, -0.05) is 23.7 Å². The summed E-state index contributed by atoms with van der Waals surface area (Å²) in [7, 11) is 0. The summed E-state index contributed by atoms with van der Waals surface area (Å²) >= 11 is 6.10. The average Bonchev–Trinajstić information content (AvgIpc) is 3.20. The molecule has 152 valence electrons. The predicted octanol–water partition coefficient (Wildman–Crippen LogP) is 3.95. The Kier molecular flexibility index (Phi) is 10.2. The molecule has 0 aromatic heterocycles. The van der Waals surface area contributed by atoms with Crippen LogP contribution in [0.25, 0.3) is 0 Å². The van der Waals surface area contributed by atoms with Crippen molar-refractivity contribution >= 4 is 41.5 Å². The van der Waals surface area contributed by atoms with Gasteiger partial charge in [-0.25, -0.2) is 0 Å². The number of rotatable bonds is 9. The summed E-state index contributed by atoms with van der Waals surface area (Å²) < 4.78 is 11.2. The average molecular weight is 508 g/mol. The molecular weight excluding hydrogens is 477 g/mol. The Balaban J connectivity index is 0.00000261. The van der Waals surface area contributed by atoms with Crippen LogP contribution in [0.5, 0.6) is 0 Å². The summed E-state index contributed by atoms with van der Waals surface area (Å²) in [5.74, 6) is 1.41. The zero-order valence-corrected chi connectivity index (χ0v) is 19.0. The van der Waals surface area contributed by atoms with Crippen LogP contribution in [0.3, 0.4) is 0 Å². The van der Waals surface area contributed by atoms with Gasteiger partial charge in [0, 0.05) is 43.3 Å². The number of nitrogens with one attached hydrogen (secondary N) is 2. The van der Waals surface area contributed by atoms with Crippen LogP contribution >= 0.6 is 35.6 Å². The maximum atomic E-state index is 6.10. The summed E-state index contributed by atoms with van der Waals surface area (Å²) in [4.78, 5) is 4.67. The second kappa shape index (κ2) is 12.1.